The number of carbonyl (C=O) groups excluding carboxylic acids is 1. The topological polar surface area (TPSA) is 84.2 Å². The van der Waals surface area contributed by atoms with Crippen LogP contribution in [0.5, 0.6) is 0 Å². The molecule has 1 aromatic heterocycles. The molecule has 0 aromatic carbocycles. The van der Waals surface area contributed by atoms with E-state index in [1.165, 1.54) is 16.8 Å². The van der Waals surface area contributed by atoms with Crippen molar-refractivity contribution >= 4 is 5.91 Å². The van der Waals surface area contributed by atoms with E-state index in [1.807, 2.05) is 6.92 Å². The summed E-state index contributed by atoms with van der Waals surface area (Å²) in [6, 6.07) is 2.75. The first kappa shape index (κ1) is 13.7. The summed E-state index contributed by atoms with van der Waals surface area (Å²) < 4.78 is 1.28. The van der Waals surface area contributed by atoms with Crippen LogP contribution in [0.4, 0.5) is 0 Å². The molecule has 1 aliphatic rings. The van der Waals surface area contributed by atoms with Crippen molar-refractivity contribution in [1.29, 1.82) is 0 Å². The number of hydrogen-bond acceptors (Lipinski definition) is 4. The fourth-order valence-corrected chi connectivity index (χ4v) is 1.88. The quantitative estimate of drug-likeness (QED) is 0.767. The summed E-state index contributed by atoms with van der Waals surface area (Å²) in [7, 11) is 0. The van der Waals surface area contributed by atoms with Gasteiger partial charge >= 0.3 is 0 Å². The first-order valence-electron chi connectivity index (χ1n) is 6.66. The zero-order valence-corrected chi connectivity index (χ0v) is 11.0. The lowest BCUT2D eigenvalue weighted by Gasteiger charge is -2.10. The Morgan fingerprint density at radius 3 is 2.95 bits per heavy atom. The van der Waals surface area contributed by atoms with Gasteiger partial charge in [-0.3, -0.25) is 9.59 Å². The summed E-state index contributed by atoms with van der Waals surface area (Å²) in [6.45, 7) is 2.66. The number of aryl methyl sites for hydroxylation is 1. The highest BCUT2D eigenvalue weighted by atomic mass is 16.3. The molecule has 1 aromatic rings. The van der Waals surface area contributed by atoms with Crippen molar-refractivity contribution in [2.75, 3.05) is 6.54 Å². The molecule has 1 saturated carbocycles. The van der Waals surface area contributed by atoms with E-state index in [4.69, 9.17) is 0 Å². The maximum atomic E-state index is 11.9. The predicted molar refractivity (Wildman–Crippen MR) is 69.9 cm³/mol. The molecule has 104 valence electrons. The molecule has 0 bridgehead atoms. The maximum Gasteiger partial charge on any atom is 0.271 e. The number of amides is 1. The van der Waals surface area contributed by atoms with Crippen LogP contribution in [0.15, 0.2) is 16.9 Å². The zero-order chi connectivity index (χ0) is 13.8. The summed E-state index contributed by atoms with van der Waals surface area (Å²) in [4.78, 5) is 23.3. The third-order valence-corrected chi connectivity index (χ3v) is 3.17. The van der Waals surface area contributed by atoms with Gasteiger partial charge in [-0.2, -0.15) is 5.10 Å². The molecular weight excluding hydrogens is 246 g/mol. The van der Waals surface area contributed by atoms with Crippen LogP contribution in [0.2, 0.25) is 0 Å². The number of rotatable bonds is 6. The van der Waals surface area contributed by atoms with Gasteiger partial charge in [-0.15, -0.1) is 0 Å². The Balaban J connectivity index is 1.97. The van der Waals surface area contributed by atoms with Crippen molar-refractivity contribution in [2.45, 2.75) is 38.8 Å². The highest BCUT2D eigenvalue weighted by Gasteiger charge is 2.29. The third kappa shape index (κ3) is 3.64. The number of nitrogens with zero attached hydrogens (tertiary/aromatic N) is 2. The lowest BCUT2D eigenvalue weighted by atomic mass is 10.2. The fraction of sp³-hybridized carbons (Fsp3) is 0.615. The molecule has 1 atom stereocenters. The van der Waals surface area contributed by atoms with Crippen molar-refractivity contribution in [1.82, 2.24) is 15.1 Å². The summed E-state index contributed by atoms with van der Waals surface area (Å²) in [5.41, 5.74) is -0.00698. The van der Waals surface area contributed by atoms with E-state index in [1.54, 1.807) is 0 Å². The van der Waals surface area contributed by atoms with Crippen LogP contribution in [0.25, 0.3) is 0 Å². The van der Waals surface area contributed by atoms with Gasteiger partial charge in [0.2, 0.25) is 0 Å². The molecule has 6 nitrogen and oxygen atoms in total. The second-order valence-corrected chi connectivity index (χ2v) is 4.89. The highest BCUT2D eigenvalue weighted by Crippen LogP contribution is 2.32. The minimum Gasteiger partial charge on any atom is -0.391 e. The lowest BCUT2D eigenvalue weighted by molar-refractivity contribution is 0.0894. The fourth-order valence-electron chi connectivity index (χ4n) is 1.88. The van der Waals surface area contributed by atoms with E-state index in [-0.39, 0.29) is 23.7 Å². The molecule has 0 spiro atoms. The molecule has 19 heavy (non-hydrogen) atoms. The Morgan fingerprint density at radius 1 is 1.58 bits per heavy atom. The smallest absolute Gasteiger partial charge is 0.271 e. The van der Waals surface area contributed by atoms with Crippen LogP contribution < -0.4 is 10.9 Å². The molecule has 1 amide bonds. The van der Waals surface area contributed by atoms with Gasteiger partial charge in [-0.1, -0.05) is 6.92 Å². The molecule has 1 fully saturated rings. The van der Waals surface area contributed by atoms with Crippen LogP contribution in [0.1, 0.15) is 36.7 Å². The number of nitrogens with one attached hydrogen (secondary N) is 1. The second kappa shape index (κ2) is 5.97. The van der Waals surface area contributed by atoms with Crippen molar-refractivity contribution in [3.05, 3.63) is 28.2 Å². The molecule has 2 rings (SSSR count). The SMILES string of the molecule is CCCn1nc(C(=O)NCC(O)C2CC2)ccc1=O. The van der Waals surface area contributed by atoms with E-state index < -0.39 is 6.10 Å². The van der Waals surface area contributed by atoms with E-state index in [2.05, 4.69) is 10.4 Å². The minimum atomic E-state index is -0.481. The van der Waals surface area contributed by atoms with E-state index in [9.17, 15) is 14.7 Å². The van der Waals surface area contributed by atoms with Gasteiger partial charge in [0.15, 0.2) is 0 Å². The Labute approximate surface area is 111 Å². The highest BCUT2D eigenvalue weighted by molar-refractivity contribution is 5.91. The molecule has 0 saturated heterocycles. The van der Waals surface area contributed by atoms with Crippen molar-refractivity contribution < 1.29 is 9.90 Å². The van der Waals surface area contributed by atoms with Crippen LogP contribution in [0, 0.1) is 5.92 Å². The molecule has 1 unspecified atom stereocenters. The van der Waals surface area contributed by atoms with Crippen molar-refractivity contribution in [2.24, 2.45) is 5.92 Å². The molecule has 0 aliphatic heterocycles. The summed E-state index contributed by atoms with van der Waals surface area (Å²) in [5.74, 6) is -0.0353. The normalized spacial score (nSPS) is 16.1. The molecule has 2 N–H and O–H groups in total. The van der Waals surface area contributed by atoms with E-state index >= 15 is 0 Å². The van der Waals surface area contributed by atoms with Crippen LogP contribution in [0.3, 0.4) is 0 Å². The van der Waals surface area contributed by atoms with Crippen LogP contribution >= 0.6 is 0 Å². The number of aromatic nitrogens is 2. The molecule has 1 heterocycles. The predicted octanol–water partition coefficient (Wildman–Crippen LogP) is 0.154. The van der Waals surface area contributed by atoms with Crippen molar-refractivity contribution in [3.63, 3.8) is 0 Å². The molecule has 0 radical (unpaired) electrons. The molecule has 1 aliphatic carbocycles. The van der Waals surface area contributed by atoms with Crippen molar-refractivity contribution in [3.8, 4) is 0 Å². The first-order valence-corrected chi connectivity index (χ1v) is 6.66. The maximum absolute atomic E-state index is 11.9. The number of aliphatic hydroxyl groups excluding tert-OH is 1. The first-order chi connectivity index (χ1) is 9.11. The van der Waals surface area contributed by atoms with Gasteiger partial charge in [-0.05, 0) is 31.2 Å². The standard InChI is InChI=1S/C13H19N3O3/c1-2-7-16-12(18)6-5-10(15-16)13(19)14-8-11(17)9-3-4-9/h5-6,9,11,17H,2-4,7-8H2,1H3,(H,14,19). The largest absolute Gasteiger partial charge is 0.391 e. The Bertz CT molecular complexity index is 508. The summed E-state index contributed by atoms with van der Waals surface area (Å²) in [6.07, 6.45) is 2.34. The number of aliphatic hydroxyl groups is 1. The lowest BCUT2D eigenvalue weighted by Crippen LogP contribution is -2.35. The van der Waals surface area contributed by atoms with Gasteiger partial charge in [0.1, 0.15) is 5.69 Å². The zero-order valence-electron chi connectivity index (χ0n) is 11.0. The summed E-state index contributed by atoms with van der Waals surface area (Å²) in [5, 5.41) is 16.3. The monoisotopic (exact) mass is 265 g/mol. The Kier molecular flexibility index (Phi) is 4.31. The Morgan fingerprint density at radius 2 is 2.32 bits per heavy atom. The van der Waals surface area contributed by atoms with Gasteiger partial charge in [0.25, 0.3) is 11.5 Å². The summed E-state index contributed by atoms with van der Waals surface area (Å²) >= 11 is 0. The molecular formula is C13H19N3O3. The molecule has 6 heteroatoms. The average Bonchev–Trinajstić information content (AvgIpc) is 3.22. The van der Waals surface area contributed by atoms with Crippen LogP contribution in [-0.4, -0.2) is 33.4 Å². The number of carbonyl (C=O) groups is 1. The van der Waals surface area contributed by atoms with E-state index in [0.717, 1.165) is 19.3 Å². The third-order valence-electron chi connectivity index (χ3n) is 3.17. The van der Waals surface area contributed by atoms with Crippen LogP contribution in [-0.2, 0) is 6.54 Å². The van der Waals surface area contributed by atoms with Gasteiger partial charge < -0.3 is 10.4 Å². The number of hydrogen-bond donors (Lipinski definition) is 2. The average molecular weight is 265 g/mol. The van der Waals surface area contributed by atoms with Gasteiger partial charge in [0.05, 0.1) is 6.10 Å². The van der Waals surface area contributed by atoms with E-state index in [0.29, 0.717) is 12.5 Å². The van der Waals surface area contributed by atoms with Gasteiger partial charge in [-0.25, -0.2) is 4.68 Å². The Hall–Kier alpha value is -1.69. The second-order valence-electron chi connectivity index (χ2n) is 4.89. The minimum absolute atomic E-state index is 0.205. The van der Waals surface area contributed by atoms with Gasteiger partial charge in [0, 0.05) is 19.2 Å².